The van der Waals surface area contributed by atoms with Crippen LogP contribution in [-0.2, 0) is 10.0 Å². The Hall–Kier alpha value is -1.78. The highest BCUT2D eigenvalue weighted by Gasteiger charge is 2.31. The molecule has 0 aliphatic heterocycles. The summed E-state index contributed by atoms with van der Waals surface area (Å²) in [6.07, 6.45) is 0. The van der Waals surface area contributed by atoms with Gasteiger partial charge in [-0.3, -0.25) is 0 Å². The van der Waals surface area contributed by atoms with E-state index in [-0.39, 0.29) is 5.56 Å². The van der Waals surface area contributed by atoms with Crippen LogP contribution in [0.4, 0.5) is 8.78 Å². The maximum atomic E-state index is 12.9. The lowest BCUT2D eigenvalue weighted by atomic mass is 10.1. The first-order valence-corrected chi connectivity index (χ1v) is 7.04. The Morgan fingerprint density at radius 2 is 1.95 bits per heavy atom. The van der Waals surface area contributed by atoms with Crippen LogP contribution in [0.1, 0.15) is 15.9 Å². The van der Waals surface area contributed by atoms with E-state index in [1.54, 1.807) is 4.72 Å². The molecule has 7 nitrogen and oxygen atoms in total. The number of alkyl halides is 2. The van der Waals surface area contributed by atoms with E-state index in [2.05, 4.69) is 0 Å². The predicted octanol–water partition coefficient (Wildman–Crippen LogP) is 0.305. The van der Waals surface area contributed by atoms with Crippen LogP contribution in [0.2, 0.25) is 0 Å². The molecule has 0 saturated heterocycles. The molecular formula is C11H13F2NO6S. The van der Waals surface area contributed by atoms with E-state index in [0.717, 1.165) is 6.07 Å². The third-order valence-electron chi connectivity index (χ3n) is 2.57. The molecule has 118 valence electrons. The van der Waals surface area contributed by atoms with E-state index in [9.17, 15) is 27.1 Å². The Morgan fingerprint density at radius 3 is 2.43 bits per heavy atom. The van der Waals surface area contributed by atoms with Crippen LogP contribution >= 0.6 is 0 Å². The number of carboxylic acids is 1. The van der Waals surface area contributed by atoms with Gasteiger partial charge in [-0.25, -0.2) is 26.7 Å². The van der Waals surface area contributed by atoms with Gasteiger partial charge in [-0.05, 0) is 24.6 Å². The van der Waals surface area contributed by atoms with Crippen LogP contribution in [0.25, 0.3) is 0 Å². The second-order valence-electron chi connectivity index (χ2n) is 4.28. The topological polar surface area (TPSA) is 124 Å². The van der Waals surface area contributed by atoms with E-state index >= 15 is 0 Å². The Labute approximate surface area is 118 Å². The highest BCUT2D eigenvalue weighted by molar-refractivity contribution is 7.89. The number of carbonyl (C=O) groups is 1. The Balaban J connectivity index is 3.20. The number of aliphatic hydroxyl groups is 1. The number of aryl methyl sites for hydroxylation is 1. The van der Waals surface area contributed by atoms with Crippen LogP contribution < -0.4 is 4.72 Å². The second kappa shape index (κ2) is 5.92. The van der Waals surface area contributed by atoms with Crippen LogP contribution in [0, 0.1) is 6.92 Å². The van der Waals surface area contributed by atoms with Gasteiger partial charge in [0, 0.05) is 0 Å². The molecule has 0 aliphatic rings. The summed E-state index contributed by atoms with van der Waals surface area (Å²) < 4.78 is 51.1. The normalized spacial score (nSPS) is 12.4. The van der Waals surface area contributed by atoms with Crippen molar-refractivity contribution in [2.45, 2.75) is 17.7 Å². The molecule has 21 heavy (non-hydrogen) atoms. The second-order valence-corrected chi connectivity index (χ2v) is 6.01. The Morgan fingerprint density at radius 1 is 1.38 bits per heavy atom. The molecule has 0 amide bonds. The average molecular weight is 325 g/mol. The van der Waals surface area contributed by atoms with Gasteiger partial charge in [0.25, 0.3) is 5.92 Å². The summed E-state index contributed by atoms with van der Waals surface area (Å²) in [5.74, 6) is -5.85. The van der Waals surface area contributed by atoms with E-state index in [1.807, 2.05) is 0 Å². The SMILES string of the molecule is Cc1cc(O)c(C(=O)O)cc1S(=O)(=O)NCC(F)(F)CO. The van der Waals surface area contributed by atoms with Gasteiger partial charge in [0.1, 0.15) is 17.9 Å². The molecular weight excluding hydrogens is 312 g/mol. The number of nitrogens with one attached hydrogen (secondary N) is 1. The first-order valence-electron chi connectivity index (χ1n) is 5.55. The maximum Gasteiger partial charge on any atom is 0.339 e. The van der Waals surface area contributed by atoms with E-state index in [4.69, 9.17) is 10.2 Å². The molecule has 4 N–H and O–H groups in total. The minimum absolute atomic E-state index is 0.0164. The van der Waals surface area contributed by atoms with Gasteiger partial charge in [0.15, 0.2) is 0 Å². The summed E-state index contributed by atoms with van der Waals surface area (Å²) in [4.78, 5) is 10.3. The minimum Gasteiger partial charge on any atom is -0.507 e. The summed E-state index contributed by atoms with van der Waals surface area (Å²) in [5.41, 5.74) is -0.688. The van der Waals surface area contributed by atoms with Gasteiger partial charge in [-0.2, -0.15) is 0 Å². The number of aromatic hydroxyl groups is 1. The van der Waals surface area contributed by atoms with Crippen molar-refractivity contribution in [2.24, 2.45) is 0 Å². The summed E-state index contributed by atoms with van der Waals surface area (Å²) in [6, 6.07) is 1.58. The Bertz CT molecular complexity index is 659. The van der Waals surface area contributed by atoms with Crippen molar-refractivity contribution >= 4 is 16.0 Å². The number of rotatable bonds is 6. The summed E-state index contributed by atoms with van der Waals surface area (Å²) >= 11 is 0. The molecule has 0 fully saturated rings. The van der Waals surface area contributed by atoms with Gasteiger partial charge >= 0.3 is 5.97 Å². The standard InChI is InChI=1S/C11H13F2NO6S/c1-6-2-8(16)7(10(17)18)3-9(6)21(19,20)14-4-11(12,13)5-15/h2-3,14-16H,4-5H2,1H3,(H,17,18). The molecule has 1 aromatic rings. The van der Waals surface area contributed by atoms with Gasteiger partial charge in [0.05, 0.1) is 11.4 Å². The molecule has 10 heteroatoms. The smallest absolute Gasteiger partial charge is 0.339 e. The van der Waals surface area contributed by atoms with Crippen LogP contribution in [0.15, 0.2) is 17.0 Å². The van der Waals surface area contributed by atoms with Gasteiger partial charge in [-0.1, -0.05) is 0 Å². The molecule has 0 unspecified atom stereocenters. The highest BCUT2D eigenvalue weighted by Crippen LogP contribution is 2.25. The monoisotopic (exact) mass is 325 g/mol. The van der Waals surface area contributed by atoms with E-state index < -0.39 is 51.3 Å². The van der Waals surface area contributed by atoms with Crippen molar-refractivity contribution in [3.8, 4) is 5.75 Å². The van der Waals surface area contributed by atoms with Gasteiger partial charge in [-0.15, -0.1) is 0 Å². The third-order valence-corrected chi connectivity index (χ3v) is 4.11. The number of aromatic carboxylic acids is 1. The largest absolute Gasteiger partial charge is 0.507 e. The van der Waals surface area contributed by atoms with Crippen LogP contribution in [0.5, 0.6) is 5.75 Å². The van der Waals surface area contributed by atoms with Crippen LogP contribution in [0.3, 0.4) is 0 Å². The lowest BCUT2D eigenvalue weighted by Crippen LogP contribution is -2.39. The van der Waals surface area contributed by atoms with Crippen molar-refractivity contribution in [1.82, 2.24) is 4.72 Å². The summed E-state index contributed by atoms with van der Waals surface area (Å²) in [7, 11) is -4.42. The summed E-state index contributed by atoms with van der Waals surface area (Å²) in [5, 5.41) is 26.6. The van der Waals surface area contributed by atoms with E-state index in [0.29, 0.717) is 6.07 Å². The quantitative estimate of drug-likeness (QED) is 0.596. The minimum atomic E-state index is -4.42. The lowest BCUT2D eigenvalue weighted by molar-refractivity contribution is -0.0437. The number of benzene rings is 1. The molecule has 0 spiro atoms. The summed E-state index contributed by atoms with van der Waals surface area (Å²) in [6.45, 7) is -1.61. The van der Waals surface area contributed by atoms with Crippen molar-refractivity contribution in [1.29, 1.82) is 0 Å². The number of carboxylic acid groups (broad SMARTS) is 1. The molecule has 0 saturated carbocycles. The highest BCUT2D eigenvalue weighted by atomic mass is 32.2. The fraction of sp³-hybridized carbons (Fsp3) is 0.364. The fourth-order valence-corrected chi connectivity index (χ4v) is 2.78. The molecule has 0 atom stereocenters. The number of phenols is 1. The number of aliphatic hydroxyl groups excluding tert-OH is 1. The number of halogens is 2. The van der Waals surface area contributed by atoms with Gasteiger partial charge < -0.3 is 15.3 Å². The maximum absolute atomic E-state index is 12.9. The van der Waals surface area contributed by atoms with Crippen molar-refractivity contribution in [3.05, 3.63) is 23.3 Å². The predicted molar refractivity (Wildman–Crippen MR) is 67.0 cm³/mol. The van der Waals surface area contributed by atoms with Gasteiger partial charge in [0.2, 0.25) is 10.0 Å². The molecule has 1 aromatic carbocycles. The molecule has 1 rings (SSSR count). The molecule has 0 aromatic heterocycles. The zero-order valence-electron chi connectivity index (χ0n) is 10.8. The third kappa shape index (κ3) is 4.09. The molecule has 0 heterocycles. The fourth-order valence-electron chi connectivity index (χ4n) is 1.47. The zero-order chi connectivity index (χ0) is 16.4. The lowest BCUT2D eigenvalue weighted by Gasteiger charge is -2.15. The molecule has 0 bridgehead atoms. The Kier molecular flexibility index (Phi) is 4.87. The van der Waals surface area contributed by atoms with Crippen molar-refractivity contribution in [3.63, 3.8) is 0 Å². The molecule has 0 aliphatic carbocycles. The van der Waals surface area contributed by atoms with Crippen molar-refractivity contribution < 1.29 is 37.3 Å². The van der Waals surface area contributed by atoms with Crippen LogP contribution in [-0.4, -0.2) is 48.8 Å². The first kappa shape index (κ1) is 17.3. The average Bonchev–Trinajstić information content (AvgIpc) is 2.36. The number of hydrogen-bond donors (Lipinski definition) is 4. The zero-order valence-corrected chi connectivity index (χ0v) is 11.6. The number of sulfonamides is 1. The molecule has 0 radical (unpaired) electrons. The first-order chi connectivity index (χ1) is 9.50. The van der Waals surface area contributed by atoms with Crippen molar-refractivity contribution in [2.75, 3.05) is 13.2 Å². The number of hydrogen-bond acceptors (Lipinski definition) is 5. The van der Waals surface area contributed by atoms with E-state index in [1.165, 1.54) is 6.92 Å².